The number of hydrogen-bond donors (Lipinski definition) is 1. The van der Waals surface area contributed by atoms with E-state index in [1.165, 1.54) is 6.33 Å². The van der Waals surface area contributed by atoms with Gasteiger partial charge in [0, 0.05) is 25.1 Å². The molecule has 6 heteroatoms. The van der Waals surface area contributed by atoms with Crippen molar-refractivity contribution < 1.29 is 4.79 Å². The Balaban J connectivity index is 1.83. The molecule has 17 heavy (non-hydrogen) atoms. The van der Waals surface area contributed by atoms with E-state index < -0.39 is 0 Å². The molecule has 0 aromatic carbocycles. The average molecular weight is 229 g/mol. The van der Waals surface area contributed by atoms with Gasteiger partial charge in [0.2, 0.25) is 5.91 Å². The van der Waals surface area contributed by atoms with Gasteiger partial charge in [-0.1, -0.05) is 6.07 Å². The fourth-order valence-corrected chi connectivity index (χ4v) is 1.94. The van der Waals surface area contributed by atoms with Crippen molar-refractivity contribution in [3.63, 3.8) is 0 Å². The van der Waals surface area contributed by atoms with Crippen molar-refractivity contribution in [2.75, 3.05) is 6.54 Å². The van der Waals surface area contributed by atoms with E-state index in [-0.39, 0.29) is 11.8 Å². The van der Waals surface area contributed by atoms with E-state index in [9.17, 15) is 4.79 Å². The van der Waals surface area contributed by atoms with E-state index >= 15 is 0 Å². The number of nitrogens with one attached hydrogen (secondary N) is 1. The number of pyridine rings is 1. The minimum Gasteiger partial charge on any atom is -0.355 e. The third kappa shape index (κ3) is 1.89. The molecular weight excluding hydrogens is 218 g/mol. The van der Waals surface area contributed by atoms with E-state index in [2.05, 4.69) is 20.4 Å². The molecule has 0 radical (unpaired) electrons. The monoisotopic (exact) mass is 229 g/mol. The highest BCUT2D eigenvalue weighted by atomic mass is 16.1. The first-order valence-corrected chi connectivity index (χ1v) is 5.40. The second-order valence-corrected chi connectivity index (χ2v) is 3.99. The minimum atomic E-state index is 0.107. The van der Waals surface area contributed by atoms with Crippen LogP contribution in [0.1, 0.15) is 17.9 Å². The second kappa shape index (κ2) is 3.97. The first-order valence-electron chi connectivity index (χ1n) is 5.40. The first-order chi connectivity index (χ1) is 8.33. The van der Waals surface area contributed by atoms with Crippen LogP contribution in [0.15, 0.2) is 31.0 Å². The zero-order chi connectivity index (χ0) is 11.7. The molecule has 1 saturated heterocycles. The average Bonchev–Trinajstić information content (AvgIpc) is 3.00. The number of amides is 1. The Kier molecular flexibility index (Phi) is 2.32. The SMILES string of the molecule is O=C1CC(c2ccc(-n3cncn3)nc2)CN1. The molecule has 1 atom stereocenters. The first kappa shape index (κ1) is 9.95. The fourth-order valence-electron chi connectivity index (χ4n) is 1.94. The summed E-state index contributed by atoms with van der Waals surface area (Å²) in [5.41, 5.74) is 1.08. The summed E-state index contributed by atoms with van der Waals surface area (Å²) in [6.07, 6.45) is 5.41. The normalized spacial score (nSPS) is 19.3. The van der Waals surface area contributed by atoms with Crippen molar-refractivity contribution in [3.8, 4) is 5.82 Å². The van der Waals surface area contributed by atoms with E-state index in [0.29, 0.717) is 13.0 Å². The second-order valence-electron chi connectivity index (χ2n) is 3.99. The molecule has 1 amide bonds. The van der Waals surface area contributed by atoms with Crippen LogP contribution in [0.5, 0.6) is 0 Å². The van der Waals surface area contributed by atoms with Gasteiger partial charge >= 0.3 is 0 Å². The van der Waals surface area contributed by atoms with E-state index in [0.717, 1.165) is 11.4 Å². The molecule has 1 N–H and O–H groups in total. The standard InChI is InChI=1S/C11H11N5O/c17-11-3-9(5-14-11)8-1-2-10(13-4-8)16-7-12-6-15-16/h1-2,4,6-7,9H,3,5H2,(H,14,17). The van der Waals surface area contributed by atoms with Gasteiger partial charge in [0.15, 0.2) is 5.82 Å². The summed E-state index contributed by atoms with van der Waals surface area (Å²) in [4.78, 5) is 19.3. The summed E-state index contributed by atoms with van der Waals surface area (Å²) >= 11 is 0. The smallest absolute Gasteiger partial charge is 0.220 e. The molecule has 1 aliphatic heterocycles. The van der Waals surface area contributed by atoms with Gasteiger partial charge in [-0.2, -0.15) is 5.10 Å². The lowest BCUT2D eigenvalue weighted by molar-refractivity contribution is -0.119. The van der Waals surface area contributed by atoms with Gasteiger partial charge in [0.25, 0.3) is 0 Å². The molecular formula is C11H11N5O. The summed E-state index contributed by atoms with van der Waals surface area (Å²) in [5, 5.41) is 6.82. The zero-order valence-electron chi connectivity index (χ0n) is 9.08. The molecule has 0 saturated carbocycles. The van der Waals surface area contributed by atoms with Crippen molar-refractivity contribution in [1.29, 1.82) is 0 Å². The Labute approximate surface area is 97.7 Å². The maximum atomic E-state index is 11.1. The van der Waals surface area contributed by atoms with E-state index in [1.807, 2.05) is 12.1 Å². The van der Waals surface area contributed by atoms with Crippen LogP contribution in [0.4, 0.5) is 0 Å². The number of nitrogens with zero attached hydrogens (tertiary/aromatic N) is 4. The molecule has 0 aliphatic carbocycles. The number of hydrogen-bond acceptors (Lipinski definition) is 4. The Morgan fingerprint density at radius 2 is 2.35 bits per heavy atom. The Bertz CT molecular complexity index is 519. The van der Waals surface area contributed by atoms with Crippen LogP contribution in [0.3, 0.4) is 0 Å². The largest absolute Gasteiger partial charge is 0.355 e. The third-order valence-corrected chi connectivity index (χ3v) is 2.87. The highest BCUT2D eigenvalue weighted by Gasteiger charge is 2.23. The van der Waals surface area contributed by atoms with Crippen molar-refractivity contribution in [1.82, 2.24) is 25.1 Å². The molecule has 6 nitrogen and oxygen atoms in total. The highest BCUT2D eigenvalue weighted by molar-refractivity contribution is 5.79. The van der Waals surface area contributed by atoms with Gasteiger partial charge in [0.05, 0.1) is 0 Å². The Morgan fingerprint density at radius 1 is 1.41 bits per heavy atom. The summed E-state index contributed by atoms with van der Waals surface area (Å²) in [6.45, 7) is 0.698. The van der Waals surface area contributed by atoms with Crippen LogP contribution < -0.4 is 5.32 Å². The molecule has 3 rings (SSSR count). The van der Waals surface area contributed by atoms with Crippen molar-refractivity contribution in [2.24, 2.45) is 0 Å². The van der Waals surface area contributed by atoms with Crippen LogP contribution in [0.25, 0.3) is 5.82 Å². The van der Waals surface area contributed by atoms with Crippen LogP contribution >= 0.6 is 0 Å². The van der Waals surface area contributed by atoms with E-state index in [1.54, 1.807) is 17.2 Å². The quantitative estimate of drug-likeness (QED) is 0.802. The third-order valence-electron chi connectivity index (χ3n) is 2.87. The molecule has 1 unspecified atom stereocenters. The van der Waals surface area contributed by atoms with Crippen molar-refractivity contribution in [2.45, 2.75) is 12.3 Å². The van der Waals surface area contributed by atoms with Gasteiger partial charge in [-0.25, -0.2) is 14.6 Å². The number of carbonyl (C=O) groups excluding carboxylic acids is 1. The summed E-state index contributed by atoms with van der Waals surface area (Å²) in [6, 6.07) is 3.86. The minimum absolute atomic E-state index is 0.107. The lowest BCUT2D eigenvalue weighted by atomic mass is 10.0. The predicted molar refractivity (Wildman–Crippen MR) is 59.5 cm³/mol. The maximum absolute atomic E-state index is 11.1. The summed E-state index contributed by atoms with van der Waals surface area (Å²) < 4.78 is 1.60. The molecule has 0 bridgehead atoms. The van der Waals surface area contributed by atoms with Gasteiger partial charge in [0.1, 0.15) is 12.7 Å². The van der Waals surface area contributed by atoms with Crippen LogP contribution in [0.2, 0.25) is 0 Å². The topological polar surface area (TPSA) is 72.7 Å². The Morgan fingerprint density at radius 3 is 2.94 bits per heavy atom. The zero-order valence-corrected chi connectivity index (χ0v) is 9.08. The summed E-state index contributed by atoms with van der Waals surface area (Å²) in [5.74, 6) is 1.07. The molecule has 1 aliphatic rings. The lowest BCUT2D eigenvalue weighted by Crippen LogP contribution is -2.13. The van der Waals surface area contributed by atoms with Gasteiger partial charge in [-0.3, -0.25) is 4.79 Å². The maximum Gasteiger partial charge on any atom is 0.220 e. The fraction of sp³-hybridized carbons (Fsp3) is 0.273. The van der Waals surface area contributed by atoms with Crippen LogP contribution in [0, 0.1) is 0 Å². The summed E-state index contributed by atoms with van der Waals surface area (Å²) in [7, 11) is 0. The van der Waals surface area contributed by atoms with Crippen molar-refractivity contribution in [3.05, 3.63) is 36.5 Å². The molecule has 0 spiro atoms. The van der Waals surface area contributed by atoms with Gasteiger partial charge < -0.3 is 5.32 Å². The number of carbonyl (C=O) groups is 1. The lowest BCUT2D eigenvalue weighted by Gasteiger charge is -2.07. The van der Waals surface area contributed by atoms with Crippen LogP contribution in [-0.2, 0) is 4.79 Å². The molecule has 2 aromatic rings. The van der Waals surface area contributed by atoms with Crippen LogP contribution in [-0.4, -0.2) is 32.2 Å². The van der Waals surface area contributed by atoms with Gasteiger partial charge in [-0.15, -0.1) is 0 Å². The van der Waals surface area contributed by atoms with Gasteiger partial charge in [-0.05, 0) is 11.6 Å². The Hall–Kier alpha value is -2.24. The van der Waals surface area contributed by atoms with E-state index in [4.69, 9.17) is 0 Å². The highest BCUT2D eigenvalue weighted by Crippen LogP contribution is 2.22. The number of aromatic nitrogens is 4. The molecule has 86 valence electrons. The number of rotatable bonds is 2. The molecule has 3 heterocycles. The van der Waals surface area contributed by atoms with Crippen molar-refractivity contribution >= 4 is 5.91 Å². The predicted octanol–water partition coefficient (Wildman–Crippen LogP) is 0.266. The molecule has 2 aromatic heterocycles. The molecule has 1 fully saturated rings.